The molecule has 0 aliphatic carbocycles. The van der Waals surface area contributed by atoms with Crippen LogP contribution in [0, 0.1) is 0 Å². The molecule has 8 nitrogen and oxygen atoms in total. The van der Waals surface area contributed by atoms with E-state index in [1.807, 2.05) is 59.5 Å². The molecule has 2 aromatic carbocycles. The van der Waals surface area contributed by atoms with E-state index in [4.69, 9.17) is 16.3 Å². The smallest absolute Gasteiger partial charge is 0.346 e. The number of carbonyl (C=O) groups excluding carboxylic acids is 1. The van der Waals surface area contributed by atoms with Crippen molar-refractivity contribution < 1.29 is 19.4 Å². The molecule has 0 spiro atoms. The van der Waals surface area contributed by atoms with Crippen molar-refractivity contribution >= 4 is 45.0 Å². The minimum absolute atomic E-state index is 0.00588. The zero-order chi connectivity index (χ0) is 28.5. The van der Waals surface area contributed by atoms with Crippen molar-refractivity contribution in [3.05, 3.63) is 70.1 Å². The van der Waals surface area contributed by atoms with E-state index in [0.717, 1.165) is 64.3 Å². The molecule has 6 rings (SSSR count). The molecule has 2 fully saturated rings. The molecule has 0 radical (unpaired) electrons. The van der Waals surface area contributed by atoms with Gasteiger partial charge in [-0.05, 0) is 30.3 Å². The van der Waals surface area contributed by atoms with Crippen LogP contribution in [0.25, 0.3) is 32.6 Å². The van der Waals surface area contributed by atoms with Crippen molar-refractivity contribution in [1.82, 2.24) is 19.3 Å². The number of ether oxygens (including phenoxy) is 1. The van der Waals surface area contributed by atoms with Crippen molar-refractivity contribution in [2.45, 2.75) is 13.1 Å². The van der Waals surface area contributed by atoms with Gasteiger partial charge >= 0.3 is 5.97 Å². The predicted octanol–water partition coefficient (Wildman–Crippen LogP) is 4.99. The van der Waals surface area contributed by atoms with Gasteiger partial charge in [0.25, 0.3) is 0 Å². The zero-order valence-electron chi connectivity index (χ0n) is 23.0. The Kier molecular flexibility index (Phi) is 8.14. The number of aromatic carboxylic acids is 1. The fourth-order valence-corrected chi connectivity index (χ4v) is 7.15. The third kappa shape index (κ3) is 5.65. The van der Waals surface area contributed by atoms with Gasteiger partial charge in [-0.3, -0.25) is 9.69 Å². The second kappa shape index (κ2) is 12.0. The van der Waals surface area contributed by atoms with Gasteiger partial charge in [-0.25, -0.2) is 4.79 Å². The number of aromatic nitrogens is 1. The van der Waals surface area contributed by atoms with E-state index in [0.29, 0.717) is 42.7 Å². The van der Waals surface area contributed by atoms with Gasteiger partial charge in [-0.1, -0.05) is 54.1 Å². The molecular formula is C31H33ClN4O4S. The van der Waals surface area contributed by atoms with Crippen LogP contribution in [-0.4, -0.2) is 95.8 Å². The Bertz CT molecular complexity index is 1550. The molecule has 4 heterocycles. The first-order chi connectivity index (χ1) is 19.9. The fraction of sp³-hybridized carbons (Fsp3) is 0.355. The Morgan fingerprint density at radius 1 is 0.927 bits per heavy atom. The lowest BCUT2D eigenvalue weighted by molar-refractivity contribution is -0.135. The van der Waals surface area contributed by atoms with Crippen LogP contribution in [-0.2, 0) is 22.6 Å². The molecule has 10 heteroatoms. The van der Waals surface area contributed by atoms with Crippen LogP contribution in [0.1, 0.15) is 15.2 Å². The van der Waals surface area contributed by atoms with Gasteiger partial charge in [0.2, 0.25) is 5.91 Å². The molecule has 2 aromatic heterocycles. The zero-order valence-corrected chi connectivity index (χ0v) is 24.6. The van der Waals surface area contributed by atoms with E-state index in [-0.39, 0.29) is 12.5 Å². The number of carboxylic acid groups (broad SMARTS) is 1. The highest BCUT2D eigenvalue weighted by molar-refractivity contribution is 7.21. The van der Waals surface area contributed by atoms with Gasteiger partial charge in [0.15, 0.2) is 0 Å². The Morgan fingerprint density at radius 2 is 1.61 bits per heavy atom. The number of thiophene rings is 1. The summed E-state index contributed by atoms with van der Waals surface area (Å²) in [6.45, 7) is 6.31. The van der Waals surface area contributed by atoms with Crippen molar-refractivity contribution in [3.8, 4) is 22.4 Å². The number of carboxylic acids is 1. The Morgan fingerprint density at radius 3 is 2.27 bits per heavy atom. The fourth-order valence-electron chi connectivity index (χ4n) is 5.80. The number of piperazine rings is 1. The van der Waals surface area contributed by atoms with Crippen molar-refractivity contribution in [2.24, 2.45) is 0 Å². The third-order valence-electron chi connectivity index (χ3n) is 7.99. The van der Waals surface area contributed by atoms with Crippen LogP contribution < -0.4 is 0 Å². The molecule has 2 aliphatic heterocycles. The second-order valence-electron chi connectivity index (χ2n) is 10.6. The summed E-state index contributed by atoms with van der Waals surface area (Å²) in [6.07, 6.45) is 0. The van der Waals surface area contributed by atoms with E-state index in [1.54, 1.807) is 0 Å². The molecule has 0 atom stereocenters. The van der Waals surface area contributed by atoms with Gasteiger partial charge in [0, 0.05) is 62.0 Å². The number of morpholine rings is 1. The summed E-state index contributed by atoms with van der Waals surface area (Å²) in [6, 6.07) is 17.7. The number of nitrogens with zero attached hydrogens (tertiary/aromatic N) is 4. The first kappa shape index (κ1) is 27.9. The van der Waals surface area contributed by atoms with Crippen LogP contribution in [0.3, 0.4) is 0 Å². The molecule has 1 N–H and O–H groups in total. The van der Waals surface area contributed by atoms with E-state index >= 15 is 0 Å². The van der Waals surface area contributed by atoms with Crippen LogP contribution in [0.15, 0.2) is 54.6 Å². The first-order valence-corrected chi connectivity index (χ1v) is 15.1. The van der Waals surface area contributed by atoms with E-state index < -0.39 is 5.97 Å². The van der Waals surface area contributed by atoms with Crippen molar-refractivity contribution in [2.75, 3.05) is 59.5 Å². The number of likely N-dealkylation sites (N-methyl/N-ethyl adjacent to an activating group) is 1. The van der Waals surface area contributed by atoms with Gasteiger partial charge in [-0.15, -0.1) is 11.3 Å². The summed E-state index contributed by atoms with van der Waals surface area (Å²) in [7, 11) is 2.11. The molecule has 1 amide bonds. The van der Waals surface area contributed by atoms with E-state index in [2.05, 4.69) is 21.4 Å². The molecule has 2 saturated heterocycles. The van der Waals surface area contributed by atoms with E-state index in [9.17, 15) is 14.7 Å². The molecule has 4 aromatic rings. The standard InChI is InChI=1S/C31H33ClN4O4S/c1-33-11-13-34(14-12-33)19-24-28-30(41-29(24)31(38)39)26(21-5-3-2-4-6-21)27(22-7-9-23(32)10-8-22)36(28)20-25(37)35-15-17-40-18-16-35/h2-10H,11-20H2,1H3,(H,38,39). The average molecular weight is 593 g/mol. The molecule has 2 aliphatic rings. The lowest BCUT2D eigenvalue weighted by Crippen LogP contribution is -2.44. The first-order valence-electron chi connectivity index (χ1n) is 13.9. The van der Waals surface area contributed by atoms with Crippen LogP contribution in [0.4, 0.5) is 0 Å². The third-order valence-corrected chi connectivity index (χ3v) is 9.47. The van der Waals surface area contributed by atoms with Gasteiger partial charge < -0.3 is 24.2 Å². The summed E-state index contributed by atoms with van der Waals surface area (Å²) in [4.78, 5) is 33.2. The monoisotopic (exact) mass is 592 g/mol. The number of carbonyl (C=O) groups is 2. The minimum Gasteiger partial charge on any atom is -0.477 e. The van der Waals surface area contributed by atoms with Crippen molar-refractivity contribution in [3.63, 3.8) is 0 Å². The second-order valence-corrected chi connectivity index (χ2v) is 12.1. The molecule has 0 bridgehead atoms. The average Bonchev–Trinajstić information content (AvgIpc) is 3.51. The molecule has 214 valence electrons. The maximum Gasteiger partial charge on any atom is 0.346 e. The topological polar surface area (TPSA) is 78.2 Å². The molecular weight excluding hydrogens is 560 g/mol. The van der Waals surface area contributed by atoms with Gasteiger partial charge in [0.05, 0.1) is 29.1 Å². The lowest BCUT2D eigenvalue weighted by Gasteiger charge is -2.32. The summed E-state index contributed by atoms with van der Waals surface area (Å²) in [5.74, 6) is -0.943. The quantitative estimate of drug-likeness (QED) is 0.326. The highest BCUT2D eigenvalue weighted by atomic mass is 35.5. The largest absolute Gasteiger partial charge is 0.477 e. The predicted molar refractivity (Wildman–Crippen MR) is 163 cm³/mol. The number of hydrogen-bond donors (Lipinski definition) is 1. The molecule has 0 unspecified atom stereocenters. The summed E-state index contributed by atoms with van der Waals surface area (Å²) in [5, 5.41) is 11.0. The summed E-state index contributed by atoms with van der Waals surface area (Å²) < 4.78 is 8.44. The Balaban J connectivity index is 1.60. The minimum atomic E-state index is -0.937. The van der Waals surface area contributed by atoms with Gasteiger partial charge in [-0.2, -0.15) is 0 Å². The number of fused-ring (bicyclic) bond motifs is 1. The summed E-state index contributed by atoms with van der Waals surface area (Å²) in [5.41, 5.74) is 5.34. The Hall–Kier alpha value is -3.21. The van der Waals surface area contributed by atoms with E-state index in [1.165, 1.54) is 11.3 Å². The maximum absolute atomic E-state index is 13.8. The lowest BCUT2D eigenvalue weighted by atomic mass is 10.0. The van der Waals surface area contributed by atoms with Crippen LogP contribution in [0.5, 0.6) is 0 Å². The number of rotatable bonds is 7. The van der Waals surface area contributed by atoms with Crippen LogP contribution in [0.2, 0.25) is 5.02 Å². The number of benzene rings is 2. The number of hydrogen-bond acceptors (Lipinski definition) is 6. The molecule has 41 heavy (non-hydrogen) atoms. The normalized spacial score (nSPS) is 16.9. The maximum atomic E-state index is 13.8. The number of amides is 1. The highest BCUT2D eigenvalue weighted by Gasteiger charge is 2.31. The van der Waals surface area contributed by atoms with Gasteiger partial charge in [0.1, 0.15) is 11.4 Å². The van der Waals surface area contributed by atoms with Crippen LogP contribution >= 0.6 is 22.9 Å². The number of halogens is 1. The SMILES string of the molecule is CN1CCN(Cc2c(C(=O)O)sc3c(-c4ccccc4)c(-c4ccc(Cl)cc4)n(CC(=O)N4CCOCC4)c23)CC1. The summed E-state index contributed by atoms with van der Waals surface area (Å²) >= 11 is 7.60. The van der Waals surface area contributed by atoms with Crippen molar-refractivity contribution in [1.29, 1.82) is 0 Å². The Labute approximate surface area is 248 Å². The molecule has 0 saturated carbocycles. The highest BCUT2D eigenvalue weighted by Crippen LogP contribution is 2.47.